The fraction of sp³-hybridized carbons (Fsp3) is 0.375. The third-order valence-corrected chi connectivity index (χ3v) is 3.34. The summed E-state index contributed by atoms with van der Waals surface area (Å²) in [5, 5.41) is 11.6. The van der Waals surface area contributed by atoms with Gasteiger partial charge in [0.25, 0.3) is 0 Å². The molecule has 0 amide bonds. The van der Waals surface area contributed by atoms with Gasteiger partial charge in [0.15, 0.2) is 0 Å². The number of unbranched alkanes of at least 4 members (excludes halogenated alkanes) is 2. The number of fused-ring (bicyclic) bond motifs is 1. The van der Waals surface area contributed by atoms with E-state index in [0.717, 1.165) is 36.6 Å². The maximum atomic E-state index is 13.7. The lowest BCUT2D eigenvalue weighted by molar-refractivity contribution is 0.165. The third kappa shape index (κ3) is 2.70. The monoisotopic (exact) mass is 246 g/mol. The first-order valence-electron chi connectivity index (χ1n) is 6.59. The zero-order chi connectivity index (χ0) is 13.0. The molecule has 1 unspecified atom stereocenters. The third-order valence-electron chi connectivity index (χ3n) is 3.34. The van der Waals surface area contributed by atoms with Gasteiger partial charge in [-0.2, -0.15) is 0 Å². The molecule has 2 rings (SSSR count). The highest BCUT2D eigenvalue weighted by molar-refractivity contribution is 5.86. The number of halogens is 1. The van der Waals surface area contributed by atoms with Crippen LogP contribution in [0.1, 0.15) is 44.3 Å². The van der Waals surface area contributed by atoms with E-state index in [1.54, 1.807) is 12.1 Å². The van der Waals surface area contributed by atoms with Gasteiger partial charge in [-0.15, -0.1) is 0 Å². The van der Waals surface area contributed by atoms with Crippen molar-refractivity contribution in [2.75, 3.05) is 0 Å². The molecule has 1 atom stereocenters. The summed E-state index contributed by atoms with van der Waals surface area (Å²) in [5.74, 6) is -0.227. The fourth-order valence-corrected chi connectivity index (χ4v) is 2.32. The Morgan fingerprint density at radius 2 is 1.78 bits per heavy atom. The van der Waals surface area contributed by atoms with E-state index in [2.05, 4.69) is 6.92 Å². The molecule has 2 aromatic rings. The summed E-state index contributed by atoms with van der Waals surface area (Å²) in [6, 6.07) is 10.5. The quantitative estimate of drug-likeness (QED) is 0.765. The van der Waals surface area contributed by atoms with Crippen LogP contribution in [-0.2, 0) is 0 Å². The van der Waals surface area contributed by atoms with Gasteiger partial charge in [0.1, 0.15) is 5.82 Å². The molecule has 1 N–H and O–H groups in total. The second-order valence-corrected chi connectivity index (χ2v) is 4.69. The Labute approximate surface area is 107 Å². The Balaban J connectivity index is 2.30. The number of benzene rings is 2. The van der Waals surface area contributed by atoms with E-state index in [1.165, 1.54) is 6.07 Å². The predicted molar refractivity (Wildman–Crippen MR) is 73.0 cm³/mol. The Kier molecular flexibility index (Phi) is 4.32. The van der Waals surface area contributed by atoms with Crippen molar-refractivity contribution in [2.45, 2.75) is 38.7 Å². The van der Waals surface area contributed by atoms with Crippen LogP contribution in [0.4, 0.5) is 4.39 Å². The van der Waals surface area contributed by atoms with E-state index in [4.69, 9.17) is 0 Å². The number of aliphatic hydroxyl groups is 1. The van der Waals surface area contributed by atoms with Crippen molar-refractivity contribution in [3.05, 3.63) is 47.8 Å². The minimum atomic E-state index is -0.498. The standard InChI is InChI=1S/C16H19FO/c1-2-3-4-9-16(18)14-10-11-15(17)13-8-6-5-7-12(13)14/h5-8,10-11,16,18H,2-4,9H2,1H3. The van der Waals surface area contributed by atoms with Gasteiger partial charge in [0, 0.05) is 5.39 Å². The maximum absolute atomic E-state index is 13.7. The predicted octanol–water partition coefficient (Wildman–Crippen LogP) is 4.59. The zero-order valence-corrected chi connectivity index (χ0v) is 10.7. The molecule has 0 aliphatic heterocycles. The van der Waals surface area contributed by atoms with Crippen LogP contribution in [0, 0.1) is 5.82 Å². The molecule has 0 aromatic heterocycles. The molecule has 18 heavy (non-hydrogen) atoms. The molecule has 0 saturated heterocycles. The van der Waals surface area contributed by atoms with Crippen molar-refractivity contribution < 1.29 is 9.50 Å². The molecule has 0 aliphatic rings. The van der Waals surface area contributed by atoms with E-state index < -0.39 is 6.10 Å². The summed E-state index contributed by atoms with van der Waals surface area (Å²) < 4.78 is 13.7. The van der Waals surface area contributed by atoms with Crippen molar-refractivity contribution in [1.29, 1.82) is 0 Å². The average molecular weight is 246 g/mol. The number of hydrogen-bond donors (Lipinski definition) is 1. The Bertz CT molecular complexity index is 521. The minimum Gasteiger partial charge on any atom is -0.388 e. The topological polar surface area (TPSA) is 20.2 Å². The summed E-state index contributed by atoms with van der Waals surface area (Å²) in [7, 11) is 0. The van der Waals surface area contributed by atoms with E-state index in [9.17, 15) is 9.50 Å². The Morgan fingerprint density at radius 1 is 1.06 bits per heavy atom. The summed E-state index contributed by atoms with van der Waals surface area (Å²) in [6.45, 7) is 2.14. The van der Waals surface area contributed by atoms with E-state index in [1.807, 2.05) is 18.2 Å². The molecule has 96 valence electrons. The van der Waals surface area contributed by atoms with Gasteiger partial charge in [0.05, 0.1) is 6.10 Å². The number of rotatable bonds is 5. The second kappa shape index (κ2) is 5.96. The summed E-state index contributed by atoms with van der Waals surface area (Å²) in [5.41, 5.74) is 0.836. The van der Waals surface area contributed by atoms with Crippen molar-refractivity contribution in [1.82, 2.24) is 0 Å². The van der Waals surface area contributed by atoms with E-state index >= 15 is 0 Å². The lowest BCUT2D eigenvalue weighted by Gasteiger charge is -2.14. The normalized spacial score (nSPS) is 12.8. The lowest BCUT2D eigenvalue weighted by Crippen LogP contribution is -1.99. The van der Waals surface area contributed by atoms with Crippen molar-refractivity contribution in [3.8, 4) is 0 Å². The molecular weight excluding hydrogens is 227 g/mol. The van der Waals surface area contributed by atoms with Crippen LogP contribution in [0.5, 0.6) is 0 Å². The van der Waals surface area contributed by atoms with Gasteiger partial charge >= 0.3 is 0 Å². The van der Waals surface area contributed by atoms with Crippen LogP contribution in [0.25, 0.3) is 10.8 Å². The van der Waals surface area contributed by atoms with Gasteiger partial charge in [0.2, 0.25) is 0 Å². The van der Waals surface area contributed by atoms with Gasteiger partial charge in [-0.25, -0.2) is 4.39 Å². The maximum Gasteiger partial charge on any atom is 0.131 e. The van der Waals surface area contributed by atoms with Gasteiger partial charge in [-0.05, 0) is 23.4 Å². The lowest BCUT2D eigenvalue weighted by atomic mass is 9.97. The van der Waals surface area contributed by atoms with Crippen molar-refractivity contribution in [2.24, 2.45) is 0 Å². The highest BCUT2D eigenvalue weighted by atomic mass is 19.1. The van der Waals surface area contributed by atoms with Gasteiger partial charge < -0.3 is 5.11 Å². The molecule has 2 aromatic carbocycles. The largest absolute Gasteiger partial charge is 0.388 e. The Morgan fingerprint density at radius 3 is 2.50 bits per heavy atom. The van der Waals surface area contributed by atoms with Gasteiger partial charge in [-0.1, -0.05) is 56.5 Å². The molecule has 0 bridgehead atoms. The summed E-state index contributed by atoms with van der Waals surface area (Å²) in [6.07, 6.45) is 3.50. The molecule has 0 heterocycles. The molecule has 0 radical (unpaired) electrons. The van der Waals surface area contributed by atoms with Crippen LogP contribution in [0.15, 0.2) is 36.4 Å². The van der Waals surface area contributed by atoms with Crippen molar-refractivity contribution in [3.63, 3.8) is 0 Å². The van der Waals surface area contributed by atoms with Crippen LogP contribution in [0.3, 0.4) is 0 Å². The van der Waals surface area contributed by atoms with Crippen LogP contribution < -0.4 is 0 Å². The molecule has 0 saturated carbocycles. The average Bonchev–Trinajstić information content (AvgIpc) is 2.39. The number of aliphatic hydroxyl groups excluding tert-OH is 1. The van der Waals surface area contributed by atoms with Crippen LogP contribution in [-0.4, -0.2) is 5.11 Å². The minimum absolute atomic E-state index is 0.227. The molecule has 0 aliphatic carbocycles. The number of hydrogen-bond acceptors (Lipinski definition) is 1. The zero-order valence-electron chi connectivity index (χ0n) is 10.7. The summed E-state index contributed by atoms with van der Waals surface area (Å²) in [4.78, 5) is 0. The fourth-order valence-electron chi connectivity index (χ4n) is 2.32. The molecule has 0 fully saturated rings. The highest BCUT2D eigenvalue weighted by Crippen LogP contribution is 2.29. The molecular formula is C16H19FO. The first kappa shape index (κ1) is 13.0. The van der Waals surface area contributed by atoms with Crippen LogP contribution in [0.2, 0.25) is 0 Å². The molecule has 2 heteroatoms. The molecule has 0 spiro atoms. The van der Waals surface area contributed by atoms with Gasteiger partial charge in [-0.3, -0.25) is 0 Å². The smallest absolute Gasteiger partial charge is 0.131 e. The van der Waals surface area contributed by atoms with E-state index in [0.29, 0.717) is 5.39 Å². The van der Waals surface area contributed by atoms with Crippen molar-refractivity contribution >= 4 is 10.8 Å². The second-order valence-electron chi connectivity index (χ2n) is 4.69. The van der Waals surface area contributed by atoms with E-state index in [-0.39, 0.29) is 5.82 Å². The highest BCUT2D eigenvalue weighted by Gasteiger charge is 2.12. The SMILES string of the molecule is CCCCCC(O)c1ccc(F)c2ccccc12. The van der Waals surface area contributed by atoms with Crippen LogP contribution >= 0.6 is 0 Å². The Hall–Kier alpha value is -1.41. The molecule has 1 nitrogen and oxygen atoms in total. The first-order valence-corrected chi connectivity index (χ1v) is 6.59. The summed E-state index contributed by atoms with van der Waals surface area (Å²) >= 11 is 0. The first-order chi connectivity index (χ1) is 8.74.